The number of benzene rings is 2. The van der Waals surface area contributed by atoms with Gasteiger partial charge in [0.2, 0.25) is 0 Å². The summed E-state index contributed by atoms with van der Waals surface area (Å²) in [7, 11) is 1.50. The van der Waals surface area contributed by atoms with E-state index in [2.05, 4.69) is 5.32 Å². The molecule has 6 heteroatoms. The highest BCUT2D eigenvalue weighted by molar-refractivity contribution is 6.09. The van der Waals surface area contributed by atoms with Crippen LogP contribution in [-0.2, 0) is 4.79 Å². The van der Waals surface area contributed by atoms with E-state index in [4.69, 9.17) is 10.00 Å². The summed E-state index contributed by atoms with van der Waals surface area (Å²) in [6, 6.07) is 11.2. The molecule has 0 aliphatic carbocycles. The first kappa shape index (κ1) is 16.2. The number of carbonyl (C=O) groups is 1. The second kappa shape index (κ2) is 7.18. The molecule has 0 unspecified atom stereocenters. The highest BCUT2D eigenvalue weighted by Crippen LogP contribution is 2.18. The number of hydrogen-bond acceptors (Lipinski definition) is 3. The lowest BCUT2D eigenvalue weighted by Crippen LogP contribution is -2.14. The molecule has 0 aliphatic heterocycles. The van der Waals surface area contributed by atoms with Crippen LogP contribution >= 0.6 is 0 Å². The molecular weight excluding hydrogens is 302 g/mol. The van der Waals surface area contributed by atoms with E-state index < -0.39 is 17.5 Å². The normalized spacial score (nSPS) is 10.8. The van der Waals surface area contributed by atoms with Crippen LogP contribution in [0.1, 0.15) is 5.56 Å². The van der Waals surface area contributed by atoms with Gasteiger partial charge in [-0.3, -0.25) is 4.79 Å². The lowest BCUT2D eigenvalue weighted by Gasteiger charge is -2.06. The number of carbonyl (C=O) groups excluding carboxylic acids is 1. The largest absolute Gasteiger partial charge is 0.497 e. The minimum atomic E-state index is -0.919. The molecular formula is C17H12F2N2O2. The van der Waals surface area contributed by atoms with Crippen molar-refractivity contribution in [1.82, 2.24) is 0 Å². The van der Waals surface area contributed by atoms with Gasteiger partial charge in [0.05, 0.1) is 12.8 Å². The lowest BCUT2D eigenvalue weighted by atomic mass is 10.1. The van der Waals surface area contributed by atoms with Gasteiger partial charge in [-0.1, -0.05) is 12.1 Å². The molecule has 1 amide bonds. The number of hydrogen-bond donors (Lipinski definition) is 1. The smallest absolute Gasteiger partial charge is 0.266 e. The van der Waals surface area contributed by atoms with E-state index in [1.54, 1.807) is 30.3 Å². The Morgan fingerprint density at radius 1 is 1.26 bits per heavy atom. The minimum absolute atomic E-state index is 0.205. The lowest BCUT2D eigenvalue weighted by molar-refractivity contribution is -0.112. The molecule has 0 fully saturated rings. The maximum atomic E-state index is 13.5. The number of nitriles is 1. The monoisotopic (exact) mass is 314 g/mol. The Balaban J connectivity index is 2.24. The van der Waals surface area contributed by atoms with Gasteiger partial charge >= 0.3 is 0 Å². The molecule has 0 heterocycles. The maximum absolute atomic E-state index is 13.5. The summed E-state index contributed by atoms with van der Waals surface area (Å²) < 4.78 is 31.4. The molecule has 0 spiro atoms. The van der Waals surface area contributed by atoms with Gasteiger partial charge in [0.1, 0.15) is 29.0 Å². The number of methoxy groups -OCH3 is 1. The van der Waals surface area contributed by atoms with Gasteiger partial charge in [-0.15, -0.1) is 0 Å². The number of anilines is 1. The zero-order valence-corrected chi connectivity index (χ0v) is 12.1. The van der Waals surface area contributed by atoms with E-state index in [9.17, 15) is 13.6 Å². The first-order valence-electron chi connectivity index (χ1n) is 6.55. The fourth-order valence-electron chi connectivity index (χ4n) is 1.83. The molecule has 0 saturated heterocycles. The second-order valence-corrected chi connectivity index (χ2v) is 4.52. The Morgan fingerprint density at radius 3 is 2.70 bits per heavy atom. The highest BCUT2D eigenvalue weighted by Gasteiger charge is 2.12. The Morgan fingerprint density at radius 2 is 2.04 bits per heavy atom. The van der Waals surface area contributed by atoms with Crippen LogP contribution in [0, 0.1) is 23.0 Å². The first-order chi connectivity index (χ1) is 11.0. The third-order valence-electron chi connectivity index (χ3n) is 2.95. The third-order valence-corrected chi connectivity index (χ3v) is 2.95. The van der Waals surface area contributed by atoms with E-state index in [0.29, 0.717) is 17.4 Å². The predicted octanol–water partition coefficient (Wildman–Crippen LogP) is 3.52. The van der Waals surface area contributed by atoms with Gasteiger partial charge in [0.25, 0.3) is 5.91 Å². The van der Waals surface area contributed by atoms with Crippen LogP contribution in [0.3, 0.4) is 0 Å². The van der Waals surface area contributed by atoms with Crippen molar-refractivity contribution >= 4 is 17.7 Å². The van der Waals surface area contributed by atoms with E-state index in [-0.39, 0.29) is 11.3 Å². The van der Waals surface area contributed by atoms with Gasteiger partial charge in [-0.2, -0.15) is 5.26 Å². The van der Waals surface area contributed by atoms with Crippen molar-refractivity contribution in [3.05, 3.63) is 65.2 Å². The fraction of sp³-hybridized carbons (Fsp3) is 0.0588. The van der Waals surface area contributed by atoms with Gasteiger partial charge < -0.3 is 10.1 Å². The van der Waals surface area contributed by atoms with Crippen LogP contribution < -0.4 is 10.1 Å². The average molecular weight is 314 g/mol. The van der Waals surface area contributed by atoms with Crippen molar-refractivity contribution in [1.29, 1.82) is 5.26 Å². The van der Waals surface area contributed by atoms with Gasteiger partial charge in [-0.25, -0.2) is 8.78 Å². The number of nitrogens with zero attached hydrogens (tertiary/aromatic N) is 1. The van der Waals surface area contributed by atoms with Crippen LogP contribution in [0.25, 0.3) is 6.08 Å². The standard InChI is InChI=1S/C17H12F2N2O2/c1-23-14-4-2-3-11(8-14)7-12(10-20)17(22)21-16-6-5-13(18)9-15(16)19/h2-9H,1H3,(H,21,22)/b12-7+. The van der Waals surface area contributed by atoms with Crippen molar-refractivity contribution < 1.29 is 18.3 Å². The van der Waals surface area contributed by atoms with Crippen LogP contribution in [0.5, 0.6) is 5.75 Å². The molecule has 4 nitrogen and oxygen atoms in total. The minimum Gasteiger partial charge on any atom is -0.497 e. The molecule has 2 aromatic carbocycles. The Kier molecular flexibility index (Phi) is 5.05. The first-order valence-corrected chi connectivity index (χ1v) is 6.55. The quantitative estimate of drug-likeness (QED) is 0.694. The Hall–Kier alpha value is -3.20. The summed E-state index contributed by atoms with van der Waals surface area (Å²) in [5.41, 5.74) is 0.154. The molecule has 116 valence electrons. The van der Waals surface area contributed by atoms with Crippen LogP contribution in [0.4, 0.5) is 14.5 Å². The van der Waals surface area contributed by atoms with Crippen molar-refractivity contribution in [3.8, 4) is 11.8 Å². The topological polar surface area (TPSA) is 62.1 Å². The van der Waals surface area contributed by atoms with E-state index >= 15 is 0 Å². The van der Waals surface area contributed by atoms with Gasteiger partial charge in [0.15, 0.2) is 0 Å². The summed E-state index contributed by atoms with van der Waals surface area (Å²) in [6.07, 6.45) is 1.35. The maximum Gasteiger partial charge on any atom is 0.266 e. The molecule has 0 aliphatic rings. The molecule has 23 heavy (non-hydrogen) atoms. The Bertz CT molecular complexity index is 810. The summed E-state index contributed by atoms with van der Waals surface area (Å²) in [4.78, 5) is 12.0. The second-order valence-electron chi connectivity index (χ2n) is 4.52. The van der Waals surface area contributed by atoms with Gasteiger partial charge in [-0.05, 0) is 35.9 Å². The SMILES string of the molecule is COc1cccc(/C=C(\C#N)C(=O)Nc2ccc(F)cc2F)c1. The molecule has 2 aromatic rings. The number of ether oxygens (including phenoxy) is 1. The molecule has 2 rings (SSSR count). The molecule has 0 atom stereocenters. The number of halogens is 2. The summed E-state index contributed by atoms with van der Waals surface area (Å²) in [6.45, 7) is 0. The third kappa shape index (κ3) is 4.14. The number of nitrogens with one attached hydrogen (secondary N) is 1. The summed E-state index contributed by atoms with van der Waals surface area (Å²) in [5.74, 6) is -1.90. The average Bonchev–Trinajstić information content (AvgIpc) is 2.55. The van der Waals surface area contributed by atoms with E-state index in [1.165, 1.54) is 13.2 Å². The van der Waals surface area contributed by atoms with Crippen LogP contribution in [0.2, 0.25) is 0 Å². The molecule has 1 N–H and O–H groups in total. The zero-order valence-electron chi connectivity index (χ0n) is 12.1. The van der Waals surface area contributed by atoms with E-state index in [1.807, 2.05) is 0 Å². The molecule has 0 bridgehead atoms. The summed E-state index contributed by atoms with van der Waals surface area (Å²) in [5, 5.41) is 11.3. The number of rotatable bonds is 4. The molecule has 0 aromatic heterocycles. The van der Waals surface area contributed by atoms with Crippen molar-refractivity contribution in [2.45, 2.75) is 0 Å². The van der Waals surface area contributed by atoms with Crippen LogP contribution in [0.15, 0.2) is 48.0 Å². The zero-order chi connectivity index (χ0) is 16.8. The highest BCUT2D eigenvalue weighted by atomic mass is 19.1. The number of amides is 1. The molecule has 0 saturated carbocycles. The van der Waals surface area contributed by atoms with Crippen LogP contribution in [-0.4, -0.2) is 13.0 Å². The molecule has 0 radical (unpaired) electrons. The van der Waals surface area contributed by atoms with Gasteiger partial charge in [0, 0.05) is 6.07 Å². The van der Waals surface area contributed by atoms with E-state index in [0.717, 1.165) is 12.1 Å². The summed E-state index contributed by atoms with van der Waals surface area (Å²) >= 11 is 0. The van der Waals surface area contributed by atoms with Crippen molar-refractivity contribution in [2.24, 2.45) is 0 Å². The predicted molar refractivity (Wildman–Crippen MR) is 81.6 cm³/mol. The Labute approximate surface area is 131 Å². The fourth-order valence-corrected chi connectivity index (χ4v) is 1.83. The van der Waals surface area contributed by atoms with Crippen molar-refractivity contribution in [2.75, 3.05) is 12.4 Å². The van der Waals surface area contributed by atoms with Crippen molar-refractivity contribution in [3.63, 3.8) is 0 Å².